The van der Waals surface area contributed by atoms with Crippen LogP contribution in [0.25, 0.3) is 0 Å². The zero-order chi connectivity index (χ0) is 44.7. The van der Waals surface area contributed by atoms with Gasteiger partial charge in [0, 0.05) is 0 Å². The Morgan fingerprint density at radius 1 is 0.274 bits per heavy atom. The number of quaternary nitrogens is 1. The van der Waals surface area contributed by atoms with E-state index in [4.69, 9.17) is 0 Å². The molecule has 4 aromatic carbocycles. The van der Waals surface area contributed by atoms with E-state index in [-0.39, 0.29) is 0 Å². The van der Waals surface area contributed by atoms with Gasteiger partial charge in [0.1, 0.15) is 29.4 Å². The second-order valence-corrected chi connectivity index (χ2v) is 18.4. The van der Waals surface area contributed by atoms with E-state index in [2.05, 4.69) is 27.7 Å². The fourth-order valence-corrected chi connectivity index (χ4v) is 9.74. The summed E-state index contributed by atoms with van der Waals surface area (Å²) in [5.41, 5.74) is 2.99. The number of unbranched alkanes of at least 4 members (excludes halogenated alkanes) is 20. The first kappa shape index (κ1) is 53.0. The topological polar surface area (TPSA) is 0 Å². The molecular formula is C56H84BF4N. The van der Waals surface area contributed by atoms with Gasteiger partial charge in [-0.15, -0.1) is 0 Å². The number of nitrogens with zero attached hydrogens (tertiary/aromatic N) is 1. The quantitative estimate of drug-likeness (QED) is 0.0199. The van der Waals surface area contributed by atoms with Crippen molar-refractivity contribution in [3.63, 3.8) is 0 Å². The highest BCUT2D eigenvalue weighted by Crippen LogP contribution is 2.21. The summed E-state index contributed by atoms with van der Waals surface area (Å²) in [6, 6.07) is 24.1. The molecule has 0 aliphatic heterocycles. The predicted molar refractivity (Wildman–Crippen MR) is 263 cm³/mol. The van der Waals surface area contributed by atoms with Crippen LogP contribution in [0.15, 0.2) is 97.1 Å². The maximum atomic E-state index is 13.7. The third kappa shape index (κ3) is 18.8. The minimum Gasteiger partial charge on any atom is -0.324 e. The maximum Gasteiger partial charge on any atom is 0.122 e. The number of halogens is 4. The van der Waals surface area contributed by atoms with Gasteiger partial charge >= 0.3 is 0 Å². The molecule has 0 fully saturated rings. The van der Waals surface area contributed by atoms with Crippen LogP contribution < -0.4 is 21.9 Å². The average Bonchev–Trinajstić information content (AvgIpc) is 3.28. The van der Waals surface area contributed by atoms with Gasteiger partial charge in [0.15, 0.2) is 0 Å². The van der Waals surface area contributed by atoms with Crippen LogP contribution in [-0.2, 0) is 0 Å². The maximum absolute atomic E-state index is 13.7. The molecular weight excluding hydrogens is 773 g/mol. The first-order chi connectivity index (χ1) is 30.2. The van der Waals surface area contributed by atoms with Crippen LogP contribution in [0.4, 0.5) is 17.6 Å². The van der Waals surface area contributed by atoms with Gasteiger partial charge in [-0.25, -0.2) is 17.6 Å². The largest absolute Gasteiger partial charge is 0.324 e. The first-order valence-electron chi connectivity index (χ1n) is 25.3. The van der Waals surface area contributed by atoms with Crippen molar-refractivity contribution in [1.82, 2.24) is 0 Å². The molecule has 0 N–H and O–H groups in total. The van der Waals surface area contributed by atoms with E-state index < -0.39 is 29.4 Å². The summed E-state index contributed by atoms with van der Waals surface area (Å²) in [6.45, 7) is 15.3. The summed E-state index contributed by atoms with van der Waals surface area (Å²) in [5, 5.41) is 0. The van der Waals surface area contributed by atoms with Gasteiger partial charge in [-0.2, -0.15) is 21.9 Å². The molecule has 0 aromatic heterocycles. The van der Waals surface area contributed by atoms with Crippen LogP contribution >= 0.6 is 0 Å². The Morgan fingerprint density at radius 3 is 0.645 bits per heavy atom. The zero-order valence-corrected chi connectivity index (χ0v) is 39.6. The Kier molecular flexibility index (Phi) is 26.9. The summed E-state index contributed by atoms with van der Waals surface area (Å²) >= 11 is 0. The molecule has 0 amide bonds. The lowest BCUT2D eigenvalue weighted by molar-refractivity contribution is -0.929. The van der Waals surface area contributed by atoms with Crippen molar-refractivity contribution in [3.8, 4) is 0 Å². The van der Waals surface area contributed by atoms with Crippen LogP contribution in [0.1, 0.15) is 182 Å². The lowest BCUT2D eigenvalue weighted by Gasteiger charge is -2.44. The predicted octanol–water partition coefficient (Wildman–Crippen LogP) is 14.9. The van der Waals surface area contributed by atoms with Gasteiger partial charge in [-0.3, -0.25) is 0 Å². The van der Waals surface area contributed by atoms with Crippen LogP contribution in [0.5, 0.6) is 0 Å². The molecule has 344 valence electrons. The van der Waals surface area contributed by atoms with Crippen molar-refractivity contribution in [2.75, 3.05) is 26.2 Å². The molecule has 0 spiro atoms. The highest BCUT2D eigenvalue weighted by Gasteiger charge is 2.32. The lowest BCUT2D eigenvalue weighted by Crippen LogP contribution is -2.74. The van der Waals surface area contributed by atoms with Crippen molar-refractivity contribution in [2.45, 2.75) is 182 Å². The molecule has 0 atom stereocenters. The SMILES string of the molecule is CCCCCCCC[N+](CCCCCCCC)(CCCCCCCC)CCCCCCCC.Fc1ccc([B-](c2ccc(F)cc2)(c2ccc(F)cc2)c2ccc(F)cc2)cc1. The molecule has 4 aromatic rings. The smallest absolute Gasteiger partial charge is 0.122 e. The molecule has 0 saturated heterocycles. The number of benzene rings is 4. The van der Waals surface area contributed by atoms with Gasteiger partial charge in [0.2, 0.25) is 0 Å². The molecule has 0 bridgehead atoms. The molecule has 0 saturated carbocycles. The molecule has 4 rings (SSSR count). The number of hydrogen-bond donors (Lipinski definition) is 0. The summed E-state index contributed by atoms with van der Waals surface area (Å²) in [6.07, 6.45) is 32.8. The van der Waals surface area contributed by atoms with E-state index in [1.54, 1.807) is 48.5 Å². The normalized spacial score (nSPS) is 11.7. The summed E-state index contributed by atoms with van der Waals surface area (Å²) < 4.78 is 56.3. The summed E-state index contributed by atoms with van der Waals surface area (Å²) in [5.74, 6) is -1.57. The monoisotopic (exact) mass is 858 g/mol. The zero-order valence-electron chi connectivity index (χ0n) is 39.6. The third-order valence-corrected chi connectivity index (χ3v) is 13.4. The van der Waals surface area contributed by atoms with E-state index in [1.165, 1.54) is 233 Å². The van der Waals surface area contributed by atoms with Crippen molar-refractivity contribution in [2.24, 2.45) is 0 Å². The molecule has 62 heavy (non-hydrogen) atoms. The van der Waals surface area contributed by atoms with Crippen molar-refractivity contribution in [1.29, 1.82) is 0 Å². The van der Waals surface area contributed by atoms with Gasteiger partial charge in [0.25, 0.3) is 0 Å². The highest BCUT2D eigenvalue weighted by atomic mass is 19.1. The Morgan fingerprint density at radius 2 is 0.452 bits per heavy atom. The van der Waals surface area contributed by atoms with Crippen LogP contribution in [0.2, 0.25) is 0 Å². The van der Waals surface area contributed by atoms with E-state index in [0.717, 1.165) is 21.9 Å². The molecule has 6 heteroatoms. The number of hydrogen-bond acceptors (Lipinski definition) is 0. The van der Waals surface area contributed by atoms with Crippen molar-refractivity contribution in [3.05, 3.63) is 120 Å². The Bertz CT molecular complexity index is 1420. The second kappa shape index (κ2) is 31.5. The van der Waals surface area contributed by atoms with Gasteiger partial charge in [0.05, 0.1) is 26.2 Å². The first-order valence-corrected chi connectivity index (χ1v) is 25.3. The molecule has 0 unspecified atom stereocenters. The van der Waals surface area contributed by atoms with Gasteiger partial charge in [-0.1, -0.05) is 179 Å². The van der Waals surface area contributed by atoms with E-state index >= 15 is 0 Å². The Balaban J connectivity index is 0.000000332. The van der Waals surface area contributed by atoms with Gasteiger partial charge < -0.3 is 4.48 Å². The molecule has 1 nitrogen and oxygen atoms in total. The standard InChI is InChI=1S/C32H68N.C24H16BF4/c1-5-9-13-17-21-25-29-33(30-26-22-18-14-10-6-2,31-27-23-19-15-11-7-3)32-28-24-20-16-12-8-4;26-21-9-1-17(2-10-21)25(18-3-11-22(27)12-4-18,19-5-13-23(28)14-6-19)20-7-15-24(29)16-8-20/h5-32H2,1-4H3;1-16H/q+1;-1. The molecule has 0 aliphatic rings. The van der Waals surface area contributed by atoms with E-state index in [0.29, 0.717) is 0 Å². The van der Waals surface area contributed by atoms with Crippen LogP contribution in [-0.4, -0.2) is 36.8 Å². The van der Waals surface area contributed by atoms with Crippen molar-refractivity contribution < 1.29 is 22.0 Å². The summed E-state index contributed by atoms with van der Waals surface area (Å²) in [7, 11) is 0. The number of rotatable bonds is 32. The minimum absolute atomic E-state index is 0.393. The molecule has 0 heterocycles. The second-order valence-electron chi connectivity index (χ2n) is 18.4. The van der Waals surface area contributed by atoms with Gasteiger partial charge in [-0.05, 0) is 99.9 Å². The Hall–Kier alpha value is -3.38. The molecule has 0 aliphatic carbocycles. The highest BCUT2D eigenvalue weighted by molar-refractivity contribution is 7.19. The fraction of sp³-hybridized carbons (Fsp3) is 0.571. The average molecular weight is 858 g/mol. The van der Waals surface area contributed by atoms with Crippen LogP contribution in [0, 0.1) is 23.3 Å². The molecule has 0 radical (unpaired) electrons. The van der Waals surface area contributed by atoms with E-state index in [1.807, 2.05) is 0 Å². The van der Waals surface area contributed by atoms with Crippen LogP contribution in [0.3, 0.4) is 0 Å². The third-order valence-electron chi connectivity index (χ3n) is 13.4. The van der Waals surface area contributed by atoms with E-state index in [9.17, 15) is 17.6 Å². The minimum atomic E-state index is -1.94. The lowest BCUT2D eigenvalue weighted by atomic mass is 9.13. The Labute approximate surface area is 377 Å². The summed E-state index contributed by atoms with van der Waals surface area (Å²) in [4.78, 5) is 0. The van der Waals surface area contributed by atoms with Crippen molar-refractivity contribution >= 4 is 28.0 Å². The fourth-order valence-electron chi connectivity index (χ4n) is 9.74.